The van der Waals surface area contributed by atoms with Crippen LogP contribution in [0.25, 0.3) is 5.69 Å². The lowest BCUT2D eigenvalue weighted by Gasteiger charge is -2.07. The van der Waals surface area contributed by atoms with Crippen molar-refractivity contribution in [3.8, 4) is 5.69 Å². The Labute approximate surface area is 126 Å². The standard InChI is InChI=1S/C15H15F2N5/c1-8-12(9(2)20-19-8)7-15-18-10(3)21-22(15)14-5-4-11(16)6-13(14)17/h4-6H,7H2,1-3H3,(H,19,20). The van der Waals surface area contributed by atoms with Gasteiger partial charge in [0.15, 0.2) is 5.82 Å². The van der Waals surface area contributed by atoms with Crippen LogP contribution < -0.4 is 0 Å². The summed E-state index contributed by atoms with van der Waals surface area (Å²) in [6, 6.07) is 3.40. The number of nitrogens with one attached hydrogen (secondary N) is 1. The van der Waals surface area contributed by atoms with E-state index in [2.05, 4.69) is 20.3 Å². The van der Waals surface area contributed by atoms with Crippen molar-refractivity contribution in [1.29, 1.82) is 0 Å². The van der Waals surface area contributed by atoms with E-state index >= 15 is 0 Å². The zero-order valence-corrected chi connectivity index (χ0v) is 12.5. The molecule has 0 spiro atoms. The molecule has 2 aromatic heterocycles. The van der Waals surface area contributed by atoms with E-state index in [0.29, 0.717) is 18.1 Å². The van der Waals surface area contributed by atoms with Crippen molar-refractivity contribution in [1.82, 2.24) is 25.0 Å². The van der Waals surface area contributed by atoms with Gasteiger partial charge in [-0.15, -0.1) is 0 Å². The monoisotopic (exact) mass is 303 g/mol. The zero-order valence-electron chi connectivity index (χ0n) is 12.5. The van der Waals surface area contributed by atoms with Gasteiger partial charge in [-0.25, -0.2) is 18.4 Å². The molecular weight excluding hydrogens is 288 g/mol. The number of benzene rings is 1. The van der Waals surface area contributed by atoms with Crippen molar-refractivity contribution in [2.75, 3.05) is 0 Å². The molecule has 22 heavy (non-hydrogen) atoms. The van der Waals surface area contributed by atoms with Gasteiger partial charge in [-0.2, -0.15) is 10.2 Å². The Kier molecular flexibility index (Phi) is 3.48. The highest BCUT2D eigenvalue weighted by molar-refractivity contribution is 5.35. The average molecular weight is 303 g/mol. The lowest BCUT2D eigenvalue weighted by molar-refractivity contribution is 0.571. The summed E-state index contributed by atoms with van der Waals surface area (Å²) in [4.78, 5) is 4.36. The number of halogens is 2. The number of nitrogens with zero attached hydrogens (tertiary/aromatic N) is 4. The SMILES string of the molecule is Cc1nc(Cc2c(C)n[nH]c2C)n(-c2ccc(F)cc2F)n1. The van der Waals surface area contributed by atoms with Crippen LogP contribution >= 0.6 is 0 Å². The molecule has 3 aromatic rings. The summed E-state index contributed by atoms with van der Waals surface area (Å²) < 4.78 is 28.5. The van der Waals surface area contributed by atoms with Gasteiger partial charge in [-0.3, -0.25) is 5.10 Å². The molecule has 0 amide bonds. The molecule has 1 N–H and O–H groups in total. The smallest absolute Gasteiger partial charge is 0.151 e. The molecule has 0 bridgehead atoms. The lowest BCUT2D eigenvalue weighted by atomic mass is 10.1. The maximum absolute atomic E-state index is 14.0. The van der Waals surface area contributed by atoms with Crippen LogP contribution in [0.15, 0.2) is 18.2 Å². The normalized spacial score (nSPS) is 11.1. The van der Waals surface area contributed by atoms with Crippen LogP contribution in [0.3, 0.4) is 0 Å². The van der Waals surface area contributed by atoms with E-state index < -0.39 is 11.6 Å². The van der Waals surface area contributed by atoms with Crippen LogP contribution in [-0.4, -0.2) is 25.0 Å². The van der Waals surface area contributed by atoms with Crippen molar-refractivity contribution in [2.45, 2.75) is 27.2 Å². The number of hydrogen-bond acceptors (Lipinski definition) is 3. The molecule has 2 heterocycles. The molecular formula is C15H15F2N5. The minimum atomic E-state index is -0.674. The summed E-state index contributed by atoms with van der Waals surface area (Å²) in [5, 5.41) is 11.3. The van der Waals surface area contributed by atoms with Crippen LogP contribution in [0.2, 0.25) is 0 Å². The Morgan fingerprint density at radius 1 is 1.18 bits per heavy atom. The first-order valence-electron chi connectivity index (χ1n) is 6.84. The molecule has 7 heteroatoms. The maximum atomic E-state index is 14.0. The van der Waals surface area contributed by atoms with Crippen LogP contribution in [0.1, 0.15) is 28.6 Å². The Morgan fingerprint density at radius 2 is 1.95 bits per heavy atom. The second-order valence-electron chi connectivity index (χ2n) is 5.17. The molecule has 0 unspecified atom stereocenters. The number of aromatic amines is 1. The van der Waals surface area contributed by atoms with Crippen LogP contribution in [-0.2, 0) is 6.42 Å². The summed E-state index contributed by atoms with van der Waals surface area (Å²) in [5.41, 5.74) is 2.97. The molecule has 0 saturated carbocycles. The zero-order chi connectivity index (χ0) is 15.9. The van der Waals surface area contributed by atoms with Crippen LogP contribution in [0.4, 0.5) is 8.78 Å². The predicted octanol–water partition coefficient (Wildman–Crippen LogP) is 2.78. The largest absolute Gasteiger partial charge is 0.282 e. The molecule has 1 aromatic carbocycles. The Bertz CT molecular complexity index is 815. The van der Waals surface area contributed by atoms with Crippen LogP contribution in [0, 0.1) is 32.4 Å². The van der Waals surface area contributed by atoms with Crippen molar-refractivity contribution in [3.05, 3.63) is 58.4 Å². The van der Waals surface area contributed by atoms with E-state index in [1.165, 1.54) is 16.8 Å². The summed E-state index contributed by atoms with van der Waals surface area (Å²) in [5.74, 6) is -0.193. The first kappa shape index (κ1) is 14.4. The van der Waals surface area contributed by atoms with Gasteiger partial charge in [0.2, 0.25) is 0 Å². The van der Waals surface area contributed by atoms with Gasteiger partial charge in [0, 0.05) is 23.7 Å². The number of rotatable bonds is 3. The quantitative estimate of drug-likeness (QED) is 0.809. The summed E-state index contributed by atoms with van der Waals surface area (Å²) >= 11 is 0. The molecule has 0 atom stereocenters. The summed E-state index contributed by atoms with van der Waals surface area (Å²) in [6.07, 6.45) is 0.464. The third-order valence-corrected chi connectivity index (χ3v) is 3.53. The molecule has 3 rings (SSSR count). The molecule has 0 radical (unpaired) electrons. The van der Waals surface area contributed by atoms with Gasteiger partial charge in [0.25, 0.3) is 0 Å². The van der Waals surface area contributed by atoms with Gasteiger partial charge < -0.3 is 0 Å². The summed E-state index contributed by atoms with van der Waals surface area (Å²) in [6.45, 7) is 5.54. The van der Waals surface area contributed by atoms with E-state index in [9.17, 15) is 8.78 Å². The van der Waals surface area contributed by atoms with Crippen molar-refractivity contribution in [3.63, 3.8) is 0 Å². The molecule has 0 aliphatic rings. The van der Waals surface area contributed by atoms with Gasteiger partial charge in [-0.05, 0) is 32.9 Å². The summed E-state index contributed by atoms with van der Waals surface area (Å²) in [7, 11) is 0. The highest BCUT2D eigenvalue weighted by Gasteiger charge is 2.17. The molecule has 5 nitrogen and oxygen atoms in total. The number of H-pyrrole nitrogens is 1. The third-order valence-electron chi connectivity index (χ3n) is 3.53. The Balaban J connectivity index is 2.07. The van der Waals surface area contributed by atoms with E-state index in [-0.39, 0.29) is 5.69 Å². The van der Waals surface area contributed by atoms with E-state index in [1.54, 1.807) is 6.92 Å². The first-order valence-corrected chi connectivity index (χ1v) is 6.84. The van der Waals surface area contributed by atoms with Gasteiger partial charge in [-0.1, -0.05) is 0 Å². The van der Waals surface area contributed by atoms with Gasteiger partial charge >= 0.3 is 0 Å². The maximum Gasteiger partial charge on any atom is 0.151 e. The van der Waals surface area contributed by atoms with E-state index in [4.69, 9.17) is 0 Å². The van der Waals surface area contributed by atoms with Crippen molar-refractivity contribution in [2.24, 2.45) is 0 Å². The van der Waals surface area contributed by atoms with Gasteiger partial charge in [0.05, 0.1) is 5.69 Å². The number of hydrogen-bond donors (Lipinski definition) is 1. The minimum absolute atomic E-state index is 0.177. The fourth-order valence-corrected chi connectivity index (χ4v) is 2.41. The first-order chi connectivity index (χ1) is 10.5. The minimum Gasteiger partial charge on any atom is -0.282 e. The highest BCUT2D eigenvalue weighted by Crippen LogP contribution is 2.19. The van der Waals surface area contributed by atoms with Crippen LogP contribution in [0.5, 0.6) is 0 Å². The topological polar surface area (TPSA) is 59.4 Å². The van der Waals surface area contributed by atoms with Crippen molar-refractivity contribution >= 4 is 0 Å². The second-order valence-corrected chi connectivity index (χ2v) is 5.17. The molecule has 0 saturated heterocycles. The lowest BCUT2D eigenvalue weighted by Crippen LogP contribution is -2.07. The molecule has 0 aliphatic heterocycles. The van der Waals surface area contributed by atoms with E-state index in [0.717, 1.165) is 23.0 Å². The second kappa shape index (κ2) is 5.32. The number of aryl methyl sites for hydroxylation is 3. The fraction of sp³-hybridized carbons (Fsp3) is 0.267. The average Bonchev–Trinajstić information content (AvgIpc) is 2.96. The molecule has 0 fully saturated rings. The third kappa shape index (κ3) is 2.49. The number of aromatic nitrogens is 5. The van der Waals surface area contributed by atoms with Gasteiger partial charge in [0.1, 0.15) is 23.2 Å². The van der Waals surface area contributed by atoms with E-state index in [1.807, 2.05) is 13.8 Å². The Hall–Kier alpha value is -2.57. The molecule has 114 valence electrons. The molecule has 0 aliphatic carbocycles. The predicted molar refractivity (Wildman–Crippen MR) is 76.9 cm³/mol. The fourth-order valence-electron chi connectivity index (χ4n) is 2.41. The Morgan fingerprint density at radius 3 is 2.59 bits per heavy atom. The highest BCUT2D eigenvalue weighted by atomic mass is 19.1. The van der Waals surface area contributed by atoms with Crippen molar-refractivity contribution < 1.29 is 8.78 Å².